The van der Waals surface area contributed by atoms with E-state index in [0.29, 0.717) is 6.42 Å². The van der Waals surface area contributed by atoms with E-state index in [9.17, 15) is 9.59 Å². The van der Waals surface area contributed by atoms with Gasteiger partial charge in [-0.1, -0.05) is 30.3 Å². The van der Waals surface area contributed by atoms with Crippen LogP contribution in [0.1, 0.15) is 18.9 Å². The van der Waals surface area contributed by atoms with Gasteiger partial charge >= 0.3 is 11.9 Å². The van der Waals surface area contributed by atoms with E-state index in [0.717, 1.165) is 12.0 Å². The molecule has 1 aromatic rings. The van der Waals surface area contributed by atoms with E-state index in [-0.39, 0.29) is 5.97 Å². The molecule has 20 heavy (non-hydrogen) atoms. The molecule has 0 saturated carbocycles. The molecule has 0 bridgehead atoms. The predicted octanol–water partition coefficient (Wildman–Crippen LogP) is 1.31. The van der Waals surface area contributed by atoms with Crippen molar-refractivity contribution in [1.29, 1.82) is 0 Å². The second-order valence-corrected chi connectivity index (χ2v) is 4.51. The van der Waals surface area contributed by atoms with Gasteiger partial charge in [0.2, 0.25) is 0 Å². The van der Waals surface area contributed by atoms with Crippen LogP contribution in [0.3, 0.4) is 0 Å². The molecule has 1 N–H and O–H groups in total. The number of esters is 2. The third-order valence-corrected chi connectivity index (χ3v) is 3.06. The lowest BCUT2D eigenvalue weighted by molar-refractivity contribution is -0.146. The van der Waals surface area contributed by atoms with Gasteiger partial charge in [-0.15, -0.1) is 0 Å². The van der Waals surface area contributed by atoms with Crippen LogP contribution in [0.5, 0.6) is 0 Å². The normalized spacial score (nSPS) is 13.3. The highest BCUT2D eigenvalue weighted by Crippen LogP contribution is 2.07. The summed E-state index contributed by atoms with van der Waals surface area (Å²) in [5, 5.41) is 2.94. The molecule has 0 radical (unpaired) electrons. The van der Waals surface area contributed by atoms with Crippen LogP contribution >= 0.6 is 0 Å². The number of carbonyl (C=O) groups is 2. The van der Waals surface area contributed by atoms with Crippen molar-refractivity contribution in [3.63, 3.8) is 0 Å². The lowest BCUT2D eigenvalue weighted by atomic mass is 10.0. The molecular weight excluding hydrogens is 258 g/mol. The largest absolute Gasteiger partial charge is 0.468 e. The zero-order chi connectivity index (χ0) is 15.0. The van der Waals surface area contributed by atoms with Gasteiger partial charge in [0.15, 0.2) is 0 Å². The van der Waals surface area contributed by atoms with Crippen LogP contribution in [0.15, 0.2) is 30.3 Å². The first-order valence-electron chi connectivity index (χ1n) is 6.54. The van der Waals surface area contributed by atoms with Crippen LogP contribution < -0.4 is 5.32 Å². The van der Waals surface area contributed by atoms with E-state index in [1.54, 1.807) is 6.92 Å². The average molecular weight is 279 g/mol. The van der Waals surface area contributed by atoms with Crippen molar-refractivity contribution in [3.8, 4) is 0 Å². The molecule has 0 aliphatic rings. The maximum absolute atomic E-state index is 11.7. The first-order chi connectivity index (χ1) is 9.58. The number of methoxy groups -OCH3 is 2. The first kappa shape index (κ1) is 16.2. The molecule has 0 fully saturated rings. The molecule has 0 heterocycles. The first-order valence-corrected chi connectivity index (χ1v) is 6.54. The van der Waals surface area contributed by atoms with Crippen molar-refractivity contribution in [1.82, 2.24) is 5.32 Å². The van der Waals surface area contributed by atoms with Crippen molar-refractivity contribution in [2.45, 2.75) is 31.8 Å². The molecule has 1 rings (SSSR count). The molecule has 0 aliphatic carbocycles. The average Bonchev–Trinajstić information content (AvgIpc) is 2.50. The highest BCUT2D eigenvalue weighted by atomic mass is 16.5. The minimum absolute atomic E-state index is 0.378. The highest BCUT2D eigenvalue weighted by molar-refractivity contribution is 5.79. The molecule has 0 spiro atoms. The molecule has 1 aromatic carbocycles. The van der Waals surface area contributed by atoms with E-state index in [1.165, 1.54) is 14.2 Å². The Morgan fingerprint density at radius 1 is 1.10 bits per heavy atom. The van der Waals surface area contributed by atoms with Gasteiger partial charge < -0.3 is 9.47 Å². The maximum Gasteiger partial charge on any atom is 0.322 e. The molecule has 0 aromatic heterocycles. The minimum atomic E-state index is -0.556. The van der Waals surface area contributed by atoms with Crippen molar-refractivity contribution in [2.75, 3.05) is 14.2 Å². The van der Waals surface area contributed by atoms with Gasteiger partial charge in [0.25, 0.3) is 0 Å². The summed E-state index contributed by atoms with van der Waals surface area (Å²) in [6.45, 7) is 1.66. The van der Waals surface area contributed by atoms with E-state index < -0.39 is 18.1 Å². The summed E-state index contributed by atoms with van der Waals surface area (Å²) in [6.07, 6.45) is 1.28. The standard InChI is InChI=1S/C15H21NO4/c1-11(14(17)19-2)16-13(15(18)20-3)10-9-12-7-5-4-6-8-12/h4-8,11,13,16H,9-10H2,1-3H3/t11-,13-/m0/s1. The van der Waals surface area contributed by atoms with Crippen molar-refractivity contribution in [2.24, 2.45) is 0 Å². The zero-order valence-corrected chi connectivity index (χ0v) is 12.1. The van der Waals surface area contributed by atoms with Gasteiger partial charge in [-0.2, -0.15) is 0 Å². The molecule has 2 atom stereocenters. The Morgan fingerprint density at radius 2 is 1.70 bits per heavy atom. The molecule has 110 valence electrons. The molecule has 0 saturated heterocycles. The Bertz CT molecular complexity index is 433. The highest BCUT2D eigenvalue weighted by Gasteiger charge is 2.24. The van der Waals surface area contributed by atoms with E-state index in [4.69, 9.17) is 4.74 Å². The van der Waals surface area contributed by atoms with Crippen LogP contribution in [0.25, 0.3) is 0 Å². The van der Waals surface area contributed by atoms with Crippen LogP contribution in [-0.4, -0.2) is 38.2 Å². The van der Waals surface area contributed by atoms with Crippen molar-refractivity contribution in [3.05, 3.63) is 35.9 Å². The molecule has 0 unspecified atom stereocenters. The molecule has 5 nitrogen and oxygen atoms in total. The Kier molecular flexibility index (Phi) is 6.73. The van der Waals surface area contributed by atoms with Crippen molar-refractivity contribution < 1.29 is 19.1 Å². The summed E-state index contributed by atoms with van der Waals surface area (Å²) in [5.41, 5.74) is 1.13. The van der Waals surface area contributed by atoms with Crippen molar-refractivity contribution >= 4 is 11.9 Å². The fourth-order valence-corrected chi connectivity index (χ4v) is 1.91. The quantitative estimate of drug-likeness (QED) is 0.762. The number of aryl methyl sites for hydroxylation is 1. The topological polar surface area (TPSA) is 64.6 Å². The summed E-state index contributed by atoms with van der Waals surface area (Å²) >= 11 is 0. The van der Waals surface area contributed by atoms with Crippen LogP contribution in [-0.2, 0) is 25.5 Å². The lowest BCUT2D eigenvalue weighted by Crippen LogP contribution is -2.46. The van der Waals surface area contributed by atoms with E-state index >= 15 is 0 Å². The summed E-state index contributed by atoms with van der Waals surface area (Å²) in [4.78, 5) is 23.1. The lowest BCUT2D eigenvalue weighted by Gasteiger charge is -2.20. The van der Waals surface area contributed by atoms with Gasteiger partial charge in [0.05, 0.1) is 14.2 Å². The predicted molar refractivity (Wildman–Crippen MR) is 75.2 cm³/mol. The van der Waals surface area contributed by atoms with Crippen LogP contribution in [0, 0.1) is 0 Å². The fraction of sp³-hybridized carbons (Fsp3) is 0.467. The number of carbonyl (C=O) groups excluding carboxylic acids is 2. The number of hydrogen-bond acceptors (Lipinski definition) is 5. The summed E-state index contributed by atoms with van der Waals surface area (Å²) < 4.78 is 9.40. The monoisotopic (exact) mass is 279 g/mol. The van der Waals surface area contributed by atoms with Crippen LogP contribution in [0.2, 0.25) is 0 Å². The Labute approximate surface area is 119 Å². The molecule has 0 amide bonds. The third kappa shape index (κ3) is 5.01. The Balaban J connectivity index is 2.61. The summed E-state index contributed by atoms with van der Waals surface area (Å²) in [5.74, 6) is -0.782. The number of hydrogen-bond donors (Lipinski definition) is 1. The van der Waals surface area contributed by atoms with Crippen LogP contribution in [0.4, 0.5) is 0 Å². The zero-order valence-electron chi connectivity index (χ0n) is 12.1. The number of rotatable bonds is 7. The Hall–Kier alpha value is -1.88. The second kappa shape index (κ2) is 8.32. The SMILES string of the molecule is COC(=O)[C@H](C)N[C@@H](CCc1ccccc1)C(=O)OC. The number of nitrogens with one attached hydrogen (secondary N) is 1. The summed E-state index contributed by atoms with van der Waals surface area (Å²) in [6, 6.07) is 8.75. The van der Waals surface area contributed by atoms with E-state index in [1.807, 2.05) is 30.3 Å². The summed E-state index contributed by atoms with van der Waals surface area (Å²) in [7, 11) is 2.65. The fourth-order valence-electron chi connectivity index (χ4n) is 1.91. The van der Waals surface area contributed by atoms with E-state index in [2.05, 4.69) is 10.1 Å². The molecular formula is C15H21NO4. The van der Waals surface area contributed by atoms with Gasteiger partial charge in [0, 0.05) is 0 Å². The maximum atomic E-state index is 11.7. The van der Waals surface area contributed by atoms with Gasteiger partial charge in [-0.3, -0.25) is 14.9 Å². The minimum Gasteiger partial charge on any atom is -0.468 e. The Morgan fingerprint density at radius 3 is 2.25 bits per heavy atom. The molecule has 0 aliphatic heterocycles. The van der Waals surface area contributed by atoms with Gasteiger partial charge in [-0.05, 0) is 25.3 Å². The van der Waals surface area contributed by atoms with Gasteiger partial charge in [-0.25, -0.2) is 0 Å². The number of ether oxygens (including phenoxy) is 2. The molecule has 5 heteroatoms. The van der Waals surface area contributed by atoms with Gasteiger partial charge in [0.1, 0.15) is 12.1 Å². The smallest absolute Gasteiger partial charge is 0.322 e. The number of benzene rings is 1. The second-order valence-electron chi connectivity index (χ2n) is 4.51. The third-order valence-electron chi connectivity index (χ3n) is 3.06.